The predicted octanol–water partition coefficient (Wildman–Crippen LogP) is 3.18. The van der Waals surface area contributed by atoms with E-state index in [4.69, 9.17) is 4.84 Å². The highest BCUT2D eigenvalue weighted by Crippen LogP contribution is 2.60. The van der Waals surface area contributed by atoms with Gasteiger partial charge in [0, 0.05) is 24.1 Å². The predicted molar refractivity (Wildman–Crippen MR) is 110 cm³/mol. The summed E-state index contributed by atoms with van der Waals surface area (Å²) in [5, 5.41) is 22.0. The zero-order chi connectivity index (χ0) is 19.5. The van der Waals surface area contributed by atoms with Gasteiger partial charge in [-0.2, -0.15) is 0 Å². The average molecular weight is 374 g/mol. The highest BCUT2D eigenvalue weighted by Gasteiger charge is 2.58. The van der Waals surface area contributed by atoms with Crippen molar-refractivity contribution in [1.82, 2.24) is 10.6 Å². The lowest BCUT2D eigenvalue weighted by atomic mass is 9.59. The highest BCUT2D eigenvalue weighted by atomic mass is 16.6. The van der Waals surface area contributed by atoms with Gasteiger partial charge in [-0.05, 0) is 64.6 Å². The molecule has 0 aromatic heterocycles. The third kappa shape index (κ3) is 4.05. The van der Waals surface area contributed by atoms with E-state index in [1.807, 2.05) is 20.3 Å². The van der Waals surface area contributed by atoms with Crippen LogP contribution < -0.4 is 10.6 Å². The summed E-state index contributed by atoms with van der Waals surface area (Å²) in [5.41, 5.74) is 1.90. The molecule has 5 heteroatoms. The Morgan fingerprint density at radius 1 is 1.26 bits per heavy atom. The molecular formula is C22H35N3O2. The topological polar surface area (TPSA) is 65.9 Å². The summed E-state index contributed by atoms with van der Waals surface area (Å²) in [6.45, 7) is 5.05. The third-order valence-corrected chi connectivity index (χ3v) is 7.04. The smallest absolute Gasteiger partial charge is 0.190 e. The zero-order valence-corrected chi connectivity index (χ0v) is 17.2. The van der Waals surface area contributed by atoms with Crippen LogP contribution in [0.1, 0.15) is 56.1 Å². The van der Waals surface area contributed by atoms with E-state index in [2.05, 4.69) is 53.9 Å². The number of hydrogen-bond donors (Lipinski definition) is 3. The molecular weight excluding hydrogens is 338 g/mol. The number of oxime groups is 1. The molecule has 150 valence electrons. The van der Waals surface area contributed by atoms with Crippen molar-refractivity contribution in [3.8, 4) is 0 Å². The van der Waals surface area contributed by atoms with Crippen molar-refractivity contribution in [2.24, 2.45) is 16.5 Å². The minimum absolute atomic E-state index is 0.126. The lowest BCUT2D eigenvalue weighted by Crippen LogP contribution is -2.49. The molecule has 3 rings (SSSR count). The molecule has 3 N–H and O–H groups in total. The van der Waals surface area contributed by atoms with Crippen LogP contribution >= 0.6 is 0 Å². The number of nitrogens with one attached hydrogen (secondary N) is 2. The number of likely N-dealkylation sites (N-methyl/N-ethyl adjacent to an activating group) is 2. The maximum Gasteiger partial charge on any atom is 0.190 e. The molecule has 2 saturated carbocycles. The van der Waals surface area contributed by atoms with Gasteiger partial charge in [-0.3, -0.25) is 5.32 Å². The normalized spacial score (nSPS) is 34.6. The van der Waals surface area contributed by atoms with E-state index < -0.39 is 5.60 Å². The molecule has 0 spiro atoms. The molecule has 0 radical (unpaired) electrons. The maximum absolute atomic E-state index is 11.5. The quantitative estimate of drug-likeness (QED) is 0.390. The summed E-state index contributed by atoms with van der Waals surface area (Å²) in [5.74, 6) is 0.702. The minimum Gasteiger partial charge on any atom is -0.389 e. The van der Waals surface area contributed by atoms with Gasteiger partial charge in [-0.25, -0.2) is 0 Å². The second-order valence-electron chi connectivity index (χ2n) is 8.64. The average Bonchev–Trinajstić information content (AvgIpc) is 2.92. The van der Waals surface area contributed by atoms with Crippen LogP contribution in [0.5, 0.6) is 0 Å². The van der Waals surface area contributed by atoms with Crippen molar-refractivity contribution in [3.05, 3.63) is 35.4 Å². The molecule has 2 aliphatic rings. The first-order valence-electron chi connectivity index (χ1n) is 10.2. The molecule has 5 nitrogen and oxygen atoms in total. The van der Waals surface area contributed by atoms with E-state index in [0.29, 0.717) is 12.5 Å². The minimum atomic E-state index is -0.620. The number of fused-ring (bicyclic) bond motifs is 1. The Morgan fingerprint density at radius 2 is 2.00 bits per heavy atom. The fourth-order valence-corrected chi connectivity index (χ4v) is 5.00. The lowest BCUT2D eigenvalue weighted by Gasteiger charge is -2.48. The Bertz CT molecular complexity index is 647. The summed E-state index contributed by atoms with van der Waals surface area (Å²) in [6, 6.07) is 8.82. The molecule has 2 aliphatic carbocycles. The fraction of sp³-hybridized carbons (Fsp3) is 0.682. The molecule has 0 amide bonds. The van der Waals surface area contributed by atoms with Gasteiger partial charge in [0.05, 0.1) is 5.60 Å². The van der Waals surface area contributed by atoms with Gasteiger partial charge in [0.15, 0.2) is 6.23 Å². The van der Waals surface area contributed by atoms with Gasteiger partial charge in [0.25, 0.3) is 0 Å². The van der Waals surface area contributed by atoms with Gasteiger partial charge in [0.2, 0.25) is 0 Å². The SMILES string of the molecule is CNCC(NC)ON=C[C@H]1CC[C@]2(O)C[C@@H](c3ccc(C)cc3)CC[C@]12C. The van der Waals surface area contributed by atoms with Crippen molar-refractivity contribution in [1.29, 1.82) is 0 Å². The number of nitrogens with zero attached hydrogens (tertiary/aromatic N) is 1. The molecule has 1 unspecified atom stereocenters. The van der Waals surface area contributed by atoms with Crippen molar-refractivity contribution >= 4 is 6.21 Å². The zero-order valence-electron chi connectivity index (χ0n) is 17.2. The van der Waals surface area contributed by atoms with Gasteiger partial charge < -0.3 is 15.3 Å². The first-order chi connectivity index (χ1) is 12.9. The molecule has 0 saturated heterocycles. The third-order valence-electron chi connectivity index (χ3n) is 7.04. The lowest BCUT2D eigenvalue weighted by molar-refractivity contribution is -0.0960. The van der Waals surface area contributed by atoms with Gasteiger partial charge >= 0.3 is 0 Å². The summed E-state index contributed by atoms with van der Waals surface area (Å²) >= 11 is 0. The number of aryl methyl sites for hydroxylation is 1. The summed E-state index contributed by atoms with van der Waals surface area (Å²) in [4.78, 5) is 5.57. The second-order valence-corrected chi connectivity index (χ2v) is 8.64. The molecule has 2 fully saturated rings. The molecule has 0 heterocycles. The summed E-state index contributed by atoms with van der Waals surface area (Å²) in [6.07, 6.45) is 6.58. The van der Waals surface area contributed by atoms with Gasteiger partial charge in [0.1, 0.15) is 0 Å². The number of aliphatic hydroxyl groups is 1. The number of benzene rings is 1. The second kappa shape index (κ2) is 8.29. The van der Waals surface area contributed by atoms with Gasteiger partial charge in [-0.15, -0.1) is 0 Å². The van der Waals surface area contributed by atoms with E-state index in [1.54, 1.807) is 0 Å². The molecule has 1 aromatic carbocycles. The molecule has 5 atom stereocenters. The summed E-state index contributed by atoms with van der Waals surface area (Å²) < 4.78 is 0. The van der Waals surface area contributed by atoms with Crippen LogP contribution in [-0.4, -0.2) is 43.8 Å². The van der Waals surface area contributed by atoms with Crippen molar-refractivity contribution in [2.75, 3.05) is 20.6 Å². The Morgan fingerprint density at radius 3 is 2.67 bits per heavy atom. The molecule has 27 heavy (non-hydrogen) atoms. The highest BCUT2D eigenvalue weighted by molar-refractivity contribution is 5.62. The fourth-order valence-electron chi connectivity index (χ4n) is 5.00. The maximum atomic E-state index is 11.5. The van der Waals surface area contributed by atoms with Crippen LogP contribution in [0.3, 0.4) is 0 Å². The monoisotopic (exact) mass is 373 g/mol. The van der Waals surface area contributed by atoms with E-state index in [-0.39, 0.29) is 17.6 Å². The van der Waals surface area contributed by atoms with Crippen LogP contribution in [-0.2, 0) is 4.84 Å². The largest absolute Gasteiger partial charge is 0.389 e. The Labute approximate surface area is 163 Å². The van der Waals surface area contributed by atoms with E-state index in [9.17, 15) is 5.11 Å². The van der Waals surface area contributed by atoms with Crippen LogP contribution in [0, 0.1) is 18.3 Å². The van der Waals surface area contributed by atoms with Crippen LogP contribution in [0.25, 0.3) is 0 Å². The Kier molecular flexibility index (Phi) is 6.24. The Hall–Kier alpha value is -1.43. The van der Waals surface area contributed by atoms with Crippen LogP contribution in [0.2, 0.25) is 0 Å². The molecule has 1 aromatic rings. The molecule has 0 bridgehead atoms. The Balaban J connectivity index is 1.67. The van der Waals surface area contributed by atoms with Crippen molar-refractivity contribution < 1.29 is 9.94 Å². The van der Waals surface area contributed by atoms with Crippen LogP contribution in [0.4, 0.5) is 0 Å². The first-order valence-corrected chi connectivity index (χ1v) is 10.2. The first kappa shape index (κ1) is 20.3. The number of rotatable bonds is 7. The van der Waals surface area contributed by atoms with E-state index >= 15 is 0 Å². The summed E-state index contributed by atoms with van der Waals surface area (Å²) in [7, 11) is 3.75. The number of hydrogen-bond acceptors (Lipinski definition) is 5. The van der Waals surface area contributed by atoms with Crippen LogP contribution in [0.15, 0.2) is 29.4 Å². The standard InChI is InChI=1S/C22H35N3O2/c1-16-5-7-17(8-6-16)18-9-11-21(2)19(10-12-22(21,26)13-18)14-25-27-20(24-4)15-23-3/h5-8,14,18-20,23-24,26H,9-13,15H2,1-4H3/t18-,19+,20?,21+,22-/m0/s1. The van der Waals surface area contributed by atoms with Crippen molar-refractivity contribution in [2.45, 2.75) is 63.7 Å². The molecule has 0 aliphatic heterocycles. The van der Waals surface area contributed by atoms with Crippen molar-refractivity contribution in [3.63, 3.8) is 0 Å². The van der Waals surface area contributed by atoms with E-state index in [0.717, 1.165) is 32.1 Å². The van der Waals surface area contributed by atoms with Gasteiger partial charge in [-0.1, -0.05) is 41.9 Å². The van der Waals surface area contributed by atoms with E-state index in [1.165, 1.54) is 11.1 Å².